The summed E-state index contributed by atoms with van der Waals surface area (Å²) in [5.74, 6) is -3.36. The third-order valence-electron chi connectivity index (χ3n) is 6.27. The number of ether oxygens (including phenoxy) is 1. The predicted molar refractivity (Wildman–Crippen MR) is 134 cm³/mol. The summed E-state index contributed by atoms with van der Waals surface area (Å²) >= 11 is 0. The summed E-state index contributed by atoms with van der Waals surface area (Å²) < 4.78 is 57.6. The van der Waals surface area contributed by atoms with Gasteiger partial charge in [0.25, 0.3) is 0 Å². The summed E-state index contributed by atoms with van der Waals surface area (Å²) in [5, 5.41) is 0.293. The van der Waals surface area contributed by atoms with Gasteiger partial charge in [-0.25, -0.2) is 8.78 Å². The van der Waals surface area contributed by atoms with Crippen molar-refractivity contribution in [1.29, 1.82) is 0 Å². The third-order valence-corrected chi connectivity index (χ3v) is 6.27. The Morgan fingerprint density at radius 2 is 1.26 bits per heavy atom. The zero-order chi connectivity index (χ0) is 24.8. The van der Waals surface area contributed by atoms with Gasteiger partial charge < -0.3 is 4.74 Å². The van der Waals surface area contributed by atoms with Crippen LogP contribution in [-0.4, -0.2) is 6.61 Å². The maximum Gasteiger partial charge on any atom is 0.387 e. The van der Waals surface area contributed by atoms with Crippen molar-refractivity contribution in [2.24, 2.45) is 0 Å². The number of hydrogen-bond acceptors (Lipinski definition) is 1. The number of benzene rings is 4. The first-order chi connectivity index (χ1) is 17.0. The van der Waals surface area contributed by atoms with Gasteiger partial charge in [-0.3, -0.25) is 0 Å². The van der Waals surface area contributed by atoms with Crippen LogP contribution in [0.3, 0.4) is 0 Å². The van der Waals surface area contributed by atoms with Gasteiger partial charge >= 0.3 is 6.61 Å². The van der Waals surface area contributed by atoms with E-state index in [0.29, 0.717) is 0 Å². The Balaban J connectivity index is 1.49. The minimum absolute atomic E-state index is 0.0212. The lowest BCUT2D eigenvalue weighted by molar-refractivity contribution is -0.0544. The van der Waals surface area contributed by atoms with Gasteiger partial charge in [-0.2, -0.15) is 8.78 Å². The van der Waals surface area contributed by atoms with E-state index in [1.54, 1.807) is 12.1 Å². The van der Waals surface area contributed by atoms with Gasteiger partial charge in [-0.15, -0.1) is 0 Å². The third kappa shape index (κ3) is 6.02. The molecular weight excluding hydrogens is 452 g/mol. The molecule has 5 heteroatoms. The fraction of sp³-hybridized carbons (Fsp3) is 0.267. The van der Waals surface area contributed by atoms with Crippen LogP contribution < -0.4 is 4.74 Å². The Bertz CT molecular complexity index is 1260. The van der Waals surface area contributed by atoms with Gasteiger partial charge in [0.15, 0.2) is 17.4 Å². The van der Waals surface area contributed by atoms with E-state index in [-0.39, 0.29) is 10.8 Å². The molecule has 0 aliphatic carbocycles. The molecule has 0 atom stereocenters. The zero-order valence-electron chi connectivity index (χ0n) is 19.7. The summed E-state index contributed by atoms with van der Waals surface area (Å²) in [6.07, 6.45) is 7.45. The number of unbranched alkanes of at least 4 members (excludes halogenated alkanes) is 4. The molecule has 0 fully saturated rings. The lowest BCUT2D eigenvalue weighted by Gasteiger charge is -2.11. The highest BCUT2D eigenvalue weighted by Crippen LogP contribution is 2.34. The summed E-state index contributed by atoms with van der Waals surface area (Å²) in [6, 6.07) is 22.4. The van der Waals surface area contributed by atoms with E-state index >= 15 is 0 Å². The molecule has 0 radical (unpaired) electrons. The van der Waals surface area contributed by atoms with E-state index in [4.69, 9.17) is 0 Å². The van der Waals surface area contributed by atoms with Gasteiger partial charge in [0.1, 0.15) is 0 Å². The van der Waals surface area contributed by atoms with Gasteiger partial charge in [0.2, 0.25) is 0 Å². The number of halogens is 4. The first kappa shape index (κ1) is 24.8. The van der Waals surface area contributed by atoms with Crippen LogP contribution in [0.4, 0.5) is 17.6 Å². The van der Waals surface area contributed by atoms with Crippen molar-refractivity contribution in [3.63, 3.8) is 0 Å². The largest absolute Gasteiger partial charge is 0.429 e. The normalized spacial score (nSPS) is 11.4. The average Bonchev–Trinajstić information content (AvgIpc) is 2.86. The molecule has 35 heavy (non-hydrogen) atoms. The minimum atomic E-state index is -3.30. The van der Waals surface area contributed by atoms with Crippen molar-refractivity contribution in [3.05, 3.63) is 90.0 Å². The smallest absolute Gasteiger partial charge is 0.387 e. The molecule has 0 unspecified atom stereocenters. The molecule has 0 aromatic heterocycles. The van der Waals surface area contributed by atoms with Gasteiger partial charge in [-0.05, 0) is 58.2 Å². The molecule has 4 aromatic carbocycles. The molecule has 0 N–H and O–H groups in total. The van der Waals surface area contributed by atoms with Gasteiger partial charge in [-0.1, -0.05) is 93.3 Å². The zero-order valence-corrected chi connectivity index (χ0v) is 19.7. The van der Waals surface area contributed by atoms with Crippen molar-refractivity contribution >= 4 is 10.8 Å². The predicted octanol–water partition coefficient (Wildman–Crippen LogP) is 9.57. The Morgan fingerprint density at radius 1 is 0.686 bits per heavy atom. The van der Waals surface area contributed by atoms with Crippen LogP contribution in [0.15, 0.2) is 72.8 Å². The maximum atomic E-state index is 14.5. The number of rotatable bonds is 10. The van der Waals surface area contributed by atoms with Crippen LogP contribution in [-0.2, 0) is 6.42 Å². The molecule has 0 aliphatic rings. The fourth-order valence-electron chi connectivity index (χ4n) is 4.34. The van der Waals surface area contributed by atoms with Crippen LogP contribution >= 0.6 is 0 Å². The van der Waals surface area contributed by atoms with Crippen LogP contribution in [0.5, 0.6) is 5.75 Å². The van der Waals surface area contributed by atoms with E-state index in [0.717, 1.165) is 34.7 Å². The maximum absolute atomic E-state index is 14.5. The molecule has 0 amide bonds. The van der Waals surface area contributed by atoms with Crippen molar-refractivity contribution < 1.29 is 22.3 Å². The van der Waals surface area contributed by atoms with Crippen LogP contribution in [0.1, 0.15) is 44.6 Å². The molecule has 0 aliphatic heterocycles. The average molecular weight is 481 g/mol. The van der Waals surface area contributed by atoms with Crippen molar-refractivity contribution in [1.82, 2.24) is 0 Å². The molecule has 0 saturated heterocycles. The number of aryl methyl sites for hydroxylation is 1. The van der Waals surface area contributed by atoms with Gasteiger partial charge in [0.05, 0.1) is 0 Å². The van der Waals surface area contributed by atoms with Crippen LogP contribution in [0.25, 0.3) is 33.0 Å². The number of alkyl halides is 2. The van der Waals surface area contributed by atoms with E-state index < -0.39 is 24.0 Å². The molecule has 0 saturated carbocycles. The van der Waals surface area contributed by atoms with E-state index in [9.17, 15) is 17.6 Å². The molecular formula is C30H28F4O. The van der Waals surface area contributed by atoms with E-state index in [1.165, 1.54) is 43.7 Å². The number of fused-ring (bicyclic) bond motifs is 1. The van der Waals surface area contributed by atoms with Crippen LogP contribution in [0, 0.1) is 11.6 Å². The highest BCUT2D eigenvalue weighted by Gasteiger charge is 2.19. The first-order valence-electron chi connectivity index (χ1n) is 12.0. The van der Waals surface area contributed by atoms with Crippen molar-refractivity contribution in [2.75, 3.05) is 0 Å². The van der Waals surface area contributed by atoms with Crippen molar-refractivity contribution in [3.8, 4) is 28.0 Å². The Labute approximate surface area is 203 Å². The highest BCUT2D eigenvalue weighted by atomic mass is 19.3. The molecule has 182 valence electrons. The lowest BCUT2D eigenvalue weighted by Crippen LogP contribution is -2.06. The number of hydrogen-bond donors (Lipinski definition) is 0. The Hall–Kier alpha value is -3.34. The minimum Gasteiger partial charge on any atom is -0.429 e. The topological polar surface area (TPSA) is 9.23 Å². The summed E-state index contributed by atoms with van der Waals surface area (Å²) in [7, 11) is 0. The summed E-state index contributed by atoms with van der Waals surface area (Å²) in [5.41, 5.74) is 5.20. The SMILES string of the molecule is CCCCCCCc1ccc(-c2ccc(-c3ccc4c(F)c(OC(F)F)c(F)cc4c3)cc2)cc1. The van der Waals surface area contributed by atoms with E-state index in [2.05, 4.69) is 35.9 Å². The lowest BCUT2D eigenvalue weighted by atomic mass is 9.97. The standard InChI is InChI=1S/C30H28F4O/c1-2-3-4-5-6-7-20-8-10-21(11-9-20)22-12-14-23(15-13-22)24-16-17-26-25(18-24)19-27(31)29(28(26)32)35-30(33)34/h8-19,30H,2-7H2,1H3. The Morgan fingerprint density at radius 3 is 1.89 bits per heavy atom. The second-order valence-electron chi connectivity index (χ2n) is 8.75. The molecule has 4 aromatic rings. The van der Waals surface area contributed by atoms with Gasteiger partial charge in [0, 0.05) is 5.39 Å². The molecule has 4 rings (SSSR count). The van der Waals surface area contributed by atoms with Crippen LogP contribution in [0.2, 0.25) is 0 Å². The Kier molecular flexibility index (Phi) is 8.06. The second kappa shape index (κ2) is 11.4. The molecule has 0 bridgehead atoms. The fourth-order valence-corrected chi connectivity index (χ4v) is 4.34. The van der Waals surface area contributed by atoms with Crippen molar-refractivity contribution in [2.45, 2.75) is 52.1 Å². The quantitative estimate of drug-likeness (QED) is 0.162. The van der Waals surface area contributed by atoms with E-state index in [1.807, 2.05) is 24.3 Å². The highest BCUT2D eigenvalue weighted by molar-refractivity contribution is 5.89. The summed E-state index contributed by atoms with van der Waals surface area (Å²) in [4.78, 5) is 0. The second-order valence-corrected chi connectivity index (χ2v) is 8.75. The molecule has 0 spiro atoms. The molecule has 0 heterocycles. The molecule has 1 nitrogen and oxygen atoms in total. The first-order valence-corrected chi connectivity index (χ1v) is 12.0. The monoisotopic (exact) mass is 480 g/mol. The summed E-state index contributed by atoms with van der Waals surface area (Å²) in [6.45, 7) is -1.08.